The van der Waals surface area contributed by atoms with Crippen LogP contribution in [0.25, 0.3) is 0 Å². The molecule has 0 aliphatic heterocycles. The van der Waals surface area contributed by atoms with E-state index in [1.54, 1.807) is 0 Å². The minimum Gasteiger partial charge on any atom is -0.488 e. The Labute approximate surface area is 78.6 Å². The monoisotopic (exact) mass is 202 g/mol. The Morgan fingerprint density at radius 2 is 2.07 bits per heavy atom. The van der Waals surface area contributed by atoms with Crippen LogP contribution in [-0.4, -0.2) is 27.0 Å². The fourth-order valence-corrected chi connectivity index (χ4v) is 0.729. The second kappa shape index (κ2) is 4.92. The second-order valence-electron chi connectivity index (χ2n) is 2.08. The number of aromatic nitrogens is 2. The fourth-order valence-electron chi connectivity index (χ4n) is 0.729. The maximum absolute atomic E-state index is 10.8. The topological polar surface area (TPSA) is 135 Å². The zero-order valence-electron chi connectivity index (χ0n) is 7.64. The number of aromatic hydroxyl groups is 1. The van der Waals surface area contributed by atoms with Gasteiger partial charge in [-0.2, -0.15) is 4.98 Å². The van der Waals surface area contributed by atoms with Gasteiger partial charge >= 0.3 is 11.2 Å². The summed E-state index contributed by atoms with van der Waals surface area (Å²) in [7, 11) is 1.50. The highest BCUT2D eigenvalue weighted by Crippen LogP contribution is 2.15. The summed E-state index contributed by atoms with van der Waals surface area (Å²) in [6.45, 7) is 1.41. The average Bonchev–Trinajstić information content (AvgIpc) is 2.04. The van der Waals surface area contributed by atoms with Crippen molar-refractivity contribution in [1.82, 2.24) is 9.97 Å². The van der Waals surface area contributed by atoms with E-state index < -0.39 is 22.0 Å². The summed E-state index contributed by atoms with van der Waals surface area (Å²) < 4.78 is 0. The first-order valence-corrected chi connectivity index (χ1v) is 3.54. The van der Waals surface area contributed by atoms with Crippen molar-refractivity contribution >= 4 is 5.69 Å². The van der Waals surface area contributed by atoms with E-state index in [0.29, 0.717) is 0 Å². The van der Waals surface area contributed by atoms with Crippen molar-refractivity contribution in [1.29, 1.82) is 0 Å². The Hall–Kier alpha value is -1.96. The lowest BCUT2D eigenvalue weighted by atomic mass is 10.5. The molecule has 0 saturated heterocycles. The molecule has 0 saturated carbocycles. The van der Waals surface area contributed by atoms with Crippen LogP contribution >= 0.6 is 0 Å². The molecule has 0 radical (unpaired) electrons. The highest BCUT2D eigenvalue weighted by molar-refractivity contribution is 5.36. The van der Waals surface area contributed by atoms with Crippen LogP contribution in [0.3, 0.4) is 0 Å². The molecular formula is C6H10N4O4. The molecule has 14 heavy (non-hydrogen) atoms. The quantitative estimate of drug-likeness (QED) is 0.405. The molecule has 1 rings (SSSR count). The number of nitro groups is 1. The number of aryl methyl sites for hydroxylation is 1. The standard InChI is InChI=1S/C5H5N3O4.CH5N/c1-2-6-4(9)3(8(11)12)5(10)7-2;1-2/h1H3,(H2,6,7,9,10);2H2,1H3. The SMILES string of the molecule is CN.Cc1nc(O)c([N+](=O)[O-])c(=O)[nH]1. The molecule has 8 nitrogen and oxygen atoms in total. The van der Waals surface area contributed by atoms with Crippen LogP contribution in [0.4, 0.5) is 5.69 Å². The number of nitrogens with one attached hydrogen (secondary N) is 1. The van der Waals surface area contributed by atoms with Crippen LogP contribution in [0.2, 0.25) is 0 Å². The van der Waals surface area contributed by atoms with Crippen LogP contribution in [0, 0.1) is 17.0 Å². The van der Waals surface area contributed by atoms with Crippen LogP contribution < -0.4 is 11.3 Å². The van der Waals surface area contributed by atoms with Gasteiger partial charge < -0.3 is 15.8 Å². The Morgan fingerprint density at radius 3 is 2.43 bits per heavy atom. The van der Waals surface area contributed by atoms with E-state index in [0.717, 1.165) is 0 Å². The third kappa shape index (κ3) is 2.52. The van der Waals surface area contributed by atoms with E-state index >= 15 is 0 Å². The zero-order chi connectivity index (χ0) is 11.3. The summed E-state index contributed by atoms with van der Waals surface area (Å²) in [5.74, 6) is -0.732. The first-order valence-electron chi connectivity index (χ1n) is 3.54. The highest BCUT2D eigenvalue weighted by atomic mass is 16.6. The molecule has 0 bridgehead atoms. The van der Waals surface area contributed by atoms with Gasteiger partial charge in [-0.05, 0) is 14.0 Å². The molecule has 1 aromatic heterocycles. The van der Waals surface area contributed by atoms with E-state index in [1.807, 2.05) is 0 Å². The first-order chi connectivity index (χ1) is 6.52. The van der Waals surface area contributed by atoms with Crippen molar-refractivity contribution in [3.05, 3.63) is 26.3 Å². The van der Waals surface area contributed by atoms with Crippen molar-refractivity contribution in [3.8, 4) is 5.88 Å². The summed E-state index contributed by atoms with van der Waals surface area (Å²) in [4.78, 5) is 25.4. The number of rotatable bonds is 1. The van der Waals surface area contributed by atoms with Gasteiger partial charge in [0.1, 0.15) is 5.82 Å². The van der Waals surface area contributed by atoms with E-state index in [9.17, 15) is 14.9 Å². The molecule has 1 aromatic rings. The smallest absolute Gasteiger partial charge is 0.395 e. The van der Waals surface area contributed by atoms with E-state index in [2.05, 4.69) is 15.7 Å². The molecule has 0 aliphatic carbocycles. The van der Waals surface area contributed by atoms with Crippen molar-refractivity contribution in [2.45, 2.75) is 6.92 Å². The Bertz CT molecular complexity index is 386. The molecular weight excluding hydrogens is 192 g/mol. The lowest BCUT2D eigenvalue weighted by Gasteiger charge is -1.94. The van der Waals surface area contributed by atoms with Crippen LogP contribution in [0.1, 0.15) is 5.82 Å². The summed E-state index contributed by atoms with van der Waals surface area (Å²) in [6, 6.07) is 0. The molecule has 0 atom stereocenters. The maximum Gasteiger partial charge on any atom is 0.395 e. The molecule has 4 N–H and O–H groups in total. The summed E-state index contributed by atoms with van der Waals surface area (Å²) in [6.07, 6.45) is 0. The normalized spacial score (nSPS) is 8.79. The molecule has 1 heterocycles. The maximum atomic E-state index is 10.8. The number of hydrogen-bond acceptors (Lipinski definition) is 6. The minimum atomic E-state index is -0.986. The second-order valence-corrected chi connectivity index (χ2v) is 2.08. The molecule has 0 fully saturated rings. The van der Waals surface area contributed by atoms with Gasteiger partial charge in [0, 0.05) is 0 Å². The molecule has 8 heteroatoms. The van der Waals surface area contributed by atoms with Gasteiger partial charge in [-0.3, -0.25) is 14.9 Å². The average molecular weight is 202 g/mol. The number of hydrogen-bond donors (Lipinski definition) is 3. The van der Waals surface area contributed by atoms with Gasteiger partial charge in [-0.1, -0.05) is 0 Å². The predicted molar refractivity (Wildman–Crippen MR) is 48.0 cm³/mol. The highest BCUT2D eigenvalue weighted by Gasteiger charge is 2.20. The van der Waals surface area contributed by atoms with Gasteiger partial charge in [0.05, 0.1) is 4.92 Å². The van der Waals surface area contributed by atoms with Crippen LogP contribution in [0.5, 0.6) is 5.88 Å². The van der Waals surface area contributed by atoms with Crippen molar-refractivity contribution in [2.75, 3.05) is 7.05 Å². The van der Waals surface area contributed by atoms with Gasteiger partial charge in [0.25, 0.3) is 5.88 Å². The van der Waals surface area contributed by atoms with Crippen molar-refractivity contribution in [2.24, 2.45) is 5.73 Å². The largest absolute Gasteiger partial charge is 0.488 e. The number of nitrogens with two attached hydrogens (primary N) is 1. The zero-order valence-corrected chi connectivity index (χ0v) is 7.64. The van der Waals surface area contributed by atoms with Crippen molar-refractivity contribution < 1.29 is 10.0 Å². The molecule has 0 amide bonds. The van der Waals surface area contributed by atoms with E-state index in [-0.39, 0.29) is 5.82 Å². The minimum absolute atomic E-state index is 0.128. The van der Waals surface area contributed by atoms with Gasteiger partial charge in [-0.15, -0.1) is 0 Å². The molecule has 0 aliphatic rings. The Kier molecular flexibility index (Phi) is 4.23. The Morgan fingerprint density at radius 1 is 1.57 bits per heavy atom. The van der Waals surface area contributed by atoms with E-state index in [4.69, 9.17) is 5.11 Å². The number of nitrogens with zero attached hydrogens (tertiary/aromatic N) is 2. The third-order valence-electron chi connectivity index (χ3n) is 1.18. The Balaban J connectivity index is 0.000000791. The fraction of sp³-hybridized carbons (Fsp3) is 0.333. The molecule has 0 spiro atoms. The number of aromatic amines is 1. The van der Waals surface area contributed by atoms with Crippen LogP contribution in [-0.2, 0) is 0 Å². The lowest BCUT2D eigenvalue weighted by molar-refractivity contribution is -0.387. The summed E-state index contributed by atoms with van der Waals surface area (Å²) in [5, 5.41) is 19.0. The van der Waals surface area contributed by atoms with Gasteiger partial charge in [0.15, 0.2) is 0 Å². The molecule has 0 aromatic carbocycles. The third-order valence-corrected chi connectivity index (χ3v) is 1.18. The molecule has 0 unspecified atom stereocenters. The lowest BCUT2D eigenvalue weighted by Crippen LogP contribution is -2.13. The number of H-pyrrole nitrogens is 1. The summed E-state index contributed by atoms with van der Waals surface area (Å²) >= 11 is 0. The van der Waals surface area contributed by atoms with Gasteiger partial charge in [0.2, 0.25) is 0 Å². The van der Waals surface area contributed by atoms with Crippen LogP contribution in [0.15, 0.2) is 4.79 Å². The van der Waals surface area contributed by atoms with Crippen molar-refractivity contribution in [3.63, 3.8) is 0 Å². The molecule has 78 valence electrons. The van der Waals surface area contributed by atoms with E-state index in [1.165, 1.54) is 14.0 Å². The first kappa shape index (κ1) is 12.0. The van der Waals surface area contributed by atoms with Gasteiger partial charge in [-0.25, -0.2) is 0 Å². The summed E-state index contributed by atoms with van der Waals surface area (Å²) in [5.41, 5.74) is 2.62. The predicted octanol–water partition coefficient (Wildman–Crippen LogP) is -0.733.